The minimum absolute atomic E-state index is 0.586. The smallest absolute Gasteiger partial charge is 0.324 e. The summed E-state index contributed by atoms with van der Waals surface area (Å²) in [6.45, 7) is 3.98. The Labute approximate surface area is 148 Å². The molecule has 0 radical (unpaired) electrons. The van der Waals surface area contributed by atoms with E-state index >= 15 is 0 Å². The Hall–Kier alpha value is -2.50. The van der Waals surface area contributed by atoms with E-state index in [1.807, 2.05) is 59.5 Å². The first kappa shape index (κ1) is 17.3. The molecule has 0 amide bonds. The summed E-state index contributed by atoms with van der Waals surface area (Å²) in [6.07, 6.45) is 5.48. The molecule has 3 rings (SSSR count). The van der Waals surface area contributed by atoms with Crippen LogP contribution >= 0.6 is 0 Å². The second kappa shape index (κ2) is 8.55. The Morgan fingerprint density at radius 3 is 2.44 bits per heavy atom. The number of aromatic nitrogens is 1. The molecule has 1 unspecified atom stereocenters. The van der Waals surface area contributed by atoms with E-state index in [2.05, 4.69) is 9.88 Å². The third kappa shape index (κ3) is 4.98. The highest BCUT2D eigenvalue weighted by molar-refractivity contribution is 5.77. The molecule has 1 fully saturated rings. The van der Waals surface area contributed by atoms with Gasteiger partial charge >= 0.3 is 5.97 Å². The molecule has 0 bridgehead atoms. The van der Waals surface area contributed by atoms with Crippen LogP contribution in [0, 0.1) is 0 Å². The quantitative estimate of drug-likeness (QED) is 0.877. The van der Waals surface area contributed by atoms with Gasteiger partial charge in [-0.1, -0.05) is 48.6 Å². The van der Waals surface area contributed by atoms with Gasteiger partial charge in [0.1, 0.15) is 6.04 Å². The second-order valence-electron chi connectivity index (χ2n) is 6.19. The van der Waals surface area contributed by atoms with Crippen molar-refractivity contribution < 1.29 is 9.90 Å². The molecular formula is C20H23N3O2. The molecule has 5 heteroatoms. The van der Waals surface area contributed by atoms with Gasteiger partial charge in [0.2, 0.25) is 0 Å². The Balaban J connectivity index is 1.57. The first-order valence-electron chi connectivity index (χ1n) is 8.55. The summed E-state index contributed by atoms with van der Waals surface area (Å²) in [6, 6.07) is 15.1. The van der Waals surface area contributed by atoms with E-state index in [1.165, 1.54) is 0 Å². The van der Waals surface area contributed by atoms with Crippen LogP contribution in [0.5, 0.6) is 0 Å². The summed E-state index contributed by atoms with van der Waals surface area (Å²) >= 11 is 0. The van der Waals surface area contributed by atoms with Crippen LogP contribution in [0.3, 0.4) is 0 Å². The summed E-state index contributed by atoms with van der Waals surface area (Å²) in [4.78, 5) is 20.4. The summed E-state index contributed by atoms with van der Waals surface area (Å²) in [5, 5.41) is 9.59. The van der Waals surface area contributed by atoms with E-state index in [9.17, 15) is 9.90 Å². The molecule has 1 aromatic heterocycles. The molecule has 5 nitrogen and oxygen atoms in total. The monoisotopic (exact) mass is 337 g/mol. The molecule has 1 N–H and O–H groups in total. The standard InChI is InChI=1S/C20H23N3O2/c24-20(25)19(10-9-17-6-2-1-3-7-17)23-14-12-22(13-15-23)16-18-8-4-5-11-21-18/h1-11,19H,12-16H2,(H,24,25). The number of carboxylic acid groups (broad SMARTS) is 1. The number of piperazine rings is 1. The first-order valence-corrected chi connectivity index (χ1v) is 8.55. The highest BCUT2D eigenvalue weighted by Gasteiger charge is 2.26. The minimum Gasteiger partial charge on any atom is -0.480 e. The summed E-state index contributed by atoms with van der Waals surface area (Å²) in [5.41, 5.74) is 2.07. The lowest BCUT2D eigenvalue weighted by atomic mass is 10.1. The number of rotatable bonds is 6. The molecule has 1 atom stereocenters. The van der Waals surface area contributed by atoms with Crippen molar-refractivity contribution in [3.8, 4) is 0 Å². The zero-order valence-corrected chi connectivity index (χ0v) is 14.2. The van der Waals surface area contributed by atoms with Crippen LogP contribution in [-0.4, -0.2) is 58.1 Å². The van der Waals surface area contributed by atoms with Gasteiger partial charge in [0.25, 0.3) is 0 Å². The number of carboxylic acids is 1. The molecule has 2 aromatic rings. The SMILES string of the molecule is O=C(O)C(C=Cc1ccccc1)N1CCN(Cc2ccccn2)CC1. The van der Waals surface area contributed by atoms with Crippen LogP contribution in [0.1, 0.15) is 11.3 Å². The van der Waals surface area contributed by atoms with Crippen molar-refractivity contribution in [1.82, 2.24) is 14.8 Å². The van der Waals surface area contributed by atoms with Crippen molar-refractivity contribution >= 4 is 12.0 Å². The van der Waals surface area contributed by atoms with Gasteiger partial charge in [-0.25, -0.2) is 0 Å². The molecule has 130 valence electrons. The summed E-state index contributed by atoms with van der Waals surface area (Å²) in [7, 11) is 0. The highest BCUT2D eigenvalue weighted by atomic mass is 16.4. The first-order chi connectivity index (χ1) is 12.2. The van der Waals surface area contributed by atoms with E-state index in [1.54, 1.807) is 12.3 Å². The number of hydrogen-bond donors (Lipinski definition) is 1. The van der Waals surface area contributed by atoms with Crippen molar-refractivity contribution in [3.63, 3.8) is 0 Å². The van der Waals surface area contributed by atoms with E-state index in [4.69, 9.17) is 0 Å². The predicted molar refractivity (Wildman–Crippen MR) is 98.0 cm³/mol. The largest absolute Gasteiger partial charge is 0.480 e. The summed E-state index contributed by atoms with van der Waals surface area (Å²) < 4.78 is 0. The van der Waals surface area contributed by atoms with Crippen molar-refractivity contribution in [3.05, 3.63) is 72.1 Å². The van der Waals surface area contributed by atoms with Gasteiger partial charge in [0, 0.05) is 38.9 Å². The number of carbonyl (C=O) groups is 1. The molecule has 1 aliphatic heterocycles. The molecule has 1 aliphatic rings. The minimum atomic E-state index is -0.801. The zero-order valence-electron chi connectivity index (χ0n) is 14.2. The van der Waals surface area contributed by atoms with Crippen molar-refractivity contribution in [2.24, 2.45) is 0 Å². The lowest BCUT2D eigenvalue weighted by molar-refractivity contribution is -0.142. The molecule has 1 saturated heterocycles. The number of benzene rings is 1. The van der Waals surface area contributed by atoms with Gasteiger partial charge in [0.15, 0.2) is 0 Å². The Morgan fingerprint density at radius 1 is 1.08 bits per heavy atom. The molecule has 2 heterocycles. The van der Waals surface area contributed by atoms with Gasteiger partial charge in [-0.3, -0.25) is 19.6 Å². The molecular weight excluding hydrogens is 314 g/mol. The van der Waals surface area contributed by atoms with E-state index in [-0.39, 0.29) is 0 Å². The Morgan fingerprint density at radius 2 is 1.80 bits per heavy atom. The van der Waals surface area contributed by atoms with E-state index < -0.39 is 12.0 Å². The van der Waals surface area contributed by atoms with Crippen LogP contribution < -0.4 is 0 Å². The maximum atomic E-state index is 11.7. The van der Waals surface area contributed by atoms with Crippen LogP contribution in [0.15, 0.2) is 60.8 Å². The number of hydrogen-bond acceptors (Lipinski definition) is 4. The van der Waals surface area contributed by atoms with Crippen molar-refractivity contribution in [2.45, 2.75) is 12.6 Å². The lowest BCUT2D eigenvalue weighted by Gasteiger charge is -2.36. The van der Waals surface area contributed by atoms with Gasteiger partial charge in [-0.05, 0) is 17.7 Å². The maximum absolute atomic E-state index is 11.7. The van der Waals surface area contributed by atoms with Crippen LogP contribution in [-0.2, 0) is 11.3 Å². The maximum Gasteiger partial charge on any atom is 0.324 e. The fraction of sp³-hybridized carbons (Fsp3) is 0.300. The average Bonchev–Trinajstić information content (AvgIpc) is 2.65. The van der Waals surface area contributed by atoms with Crippen molar-refractivity contribution in [2.75, 3.05) is 26.2 Å². The fourth-order valence-electron chi connectivity index (χ4n) is 3.05. The predicted octanol–water partition coefficient (Wildman–Crippen LogP) is 2.37. The van der Waals surface area contributed by atoms with Crippen LogP contribution in [0.25, 0.3) is 6.08 Å². The molecule has 0 aliphatic carbocycles. The second-order valence-corrected chi connectivity index (χ2v) is 6.19. The average molecular weight is 337 g/mol. The topological polar surface area (TPSA) is 56.7 Å². The normalized spacial score (nSPS) is 17.6. The van der Waals surface area contributed by atoms with Gasteiger partial charge < -0.3 is 5.11 Å². The summed E-state index contributed by atoms with van der Waals surface area (Å²) in [5.74, 6) is -0.801. The number of nitrogens with zero attached hydrogens (tertiary/aromatic N) is 3. The zero-order chi connectivity index (χ0) is 17.5. The molecule has 1 aromatic carbocycles. The van der Waals surface area contributed by atoms with Gasteiger partial charge in [-0.15, -0.1) is 0 Å². The Bertz CT molecular complexity index is 695. The van der Waals surface area contributed by atoms with E-state index in [0.717, 1.165) is 44.0 Å². The van der Waals surface area contributed by atoms with Crippen molar-refractivity contribution in [1.29, 1.82) is 0 Å². The number of aliphatic carboxylic acids is 1. The van der Waals surface area contributed by atoms with Gasteiger partial charge in [-0.2, -0.15) is 0 Å². The lowest BCUT2D eigenvalue weighted by Crippen LogP contribution is -2.51. The van der Waals surface area contributed by atoms with E-state index in [0.29, 0.717) is 0 Å². The number of pyridine rings is 1. The Kier molecular flexibility index (Phi) is 5.93. The third-order valence-corrected chi connectivity index (χ3v) is 4.44. The third-order valence-electron chi connectivity index (χ3n) is 4.44. The van der Waals surface area contributed by atoms with Gasteiger partial charge in [0.05, 0.1) is 5.69 Å². The van der Waals surface area contributed by atoms with Crippen LogP contribution in [0.4, 0.5) is 0 Å². The fourth-order valence-corrected chi connectivity index (χ4v) is 3.05. The highest BCUT2D eigenvalue weighted by Crippen LogP contribution is 2.12. The molecule has 25 heavy (non-hydrogen) atoms. The molecule has 0 spiro atoms. The molecule has 0 saturated carbocycles. The van der Waals surface area contributed by atoms with Crippen LogP contribution in [0.2, 0.25) is 0 Å².